The van der Waals surface area contributed by atoms with Crippen LogP contribution in [0.15, 0.2) is 0 Å². The predicted molar refractivity (Wildman–Crippen MR) is 50.0 cm³/mol. The van der Waals surface area contributed by atoms with Gasteiger partial charge in [-0.3, -0.25) is 4.79 Å². The number of nitriles is 1. The van der Waals surface area contributed by atoms with E-state index in [1.165, 1.54) is 6.07 Å². The minimum atomic E-state index is -3.95. The van der Waals surface area contributed by atoms with Gasteiger partial charge in [0.2, 0.25) is 10.0 Å². The minimum Gasteiger partial charge on any atom is -0.468 e. The SMILES string of the molecule is COC(=O)C(CO)NS(=O)(=O)C(C)C#N. The molecule has 0 bridgehead atoms. The number of sulfonamides is 1. The van der Waals surface area contributed by atoms with Gasteiger partial charge in [0.15, 0.2) is 5.25 Å². The van der Waals surface area contributed by atoms with E-state index in [1.807, 2.05) is 4.72 Å². The molecule has 0 fully saturated rings. The molecule has 2 N–H and O–H groups in total. The Kier molecular flexibility index (Phi) is 5.21. The first-order valence-corrected chi connectivity index (χ1v) is 5.53. The van der Waals surface area contributed by atoms with Crippen molar-refractivity contribution in [3.05, 3.63) is 0 Å². The van der Waals surface area contributed by atoms with E-state index in [4.69, 9.17) is 10.4 Å². The van der Waals surface area contributed by atoms with Crippen molar-refractivity contribution in [2.45, 2.75) is 18.2 Å². The van der Waals surface area contributed by atoms with Crippen LogP contribution >= 0.6 is 0 Å². The second kappa shape index (κ2) is 5.65. The highest BCUT2D eigenvalue weighted by molar-refractivity contribution is 7.90. The predicted octanol–water partition coefficient (Wildman–Crippen LogP) is -1.65. The molecule has 8 heteroatoms. The van der Waals surface area contributed by atoms with E-state index >= 15 is 0 Å². The first-order valence-electron chi connectivity index (χ1n) is 3.98. The lowest BCUT2D eigenvalue weighted by Crippen LogP contribution is -2.46. The molecule has 0 heterocycles. The molecule has 0 aliphatic carbocycles. The number of aliphatic hydroxyl groups excluding tert-OH is 1. The van der Waals surface area contributed by atoms with E-state index in [2.05, 4.69) is 4.74 Å². The summed E-state index contributed by atoms with van der Waals surface area (Å²) in [6.45, 7) is 0.429. The van der Waals surface area contributed by atoms with Gasteiger partial charge in [0.1, 0.15) is 6.04 Å². The number of aliphatic hydroxyl groups is 1. The number of carbonyl (C=O) groups excluding carboxylic acids is 1. The van der Waals surface area contributed by atoms with E-state index in [0.717, 1.165) is 14.0 Å². The largest absolute Gasteiger partial charge is 0.468 e. The number of ether oxygens (including phenoxy) is 1. The molecule has 2 atom stereocenters. The highest BCUT2D eigenvalue weighted by Crippen LogP contribution is 1.99. The molecule has 0 spiro atoms. The molecule has 0 rings (SSSR count). The summed E-state index contributed by atoms with van der Waals surface area (Å²) < 4.78 is 28.7. The Bertz CT molecular complexity index is 358. The molecular weight excluding hydrogens is 224 g/mol. The quantitative estimate of drug-likeness (QED) is 0.552. The number of nitrogens with one attached hydrogen (secondary N) is 1. The summed E-state index contributed by atoms with van der Waals surface area (Å²) in [5.41, 5.74) is 0. The van der Waals surface area contributed by atoms with Crippen LogP contribution in [0.25, 0.3) is 0 Å². The average Bonchev–Trinajstić information content (AvgIpc) is 2.23. The van der Waals surface area contributed by atoms with Crippen LogP contribution in [0.1, 0.15) is 6.92 Å². The molecule has 0 aromatic heterocycles. The number of hydrogen-bond donors (Lipinski definition) is 2. The number of rotatable bonds is 5. The number of hydrogen-bond acceptors (Lipinski definition) is 6. The summed E-state index contributed by atoms with van der Waals surface area (Å²) >= 11 is 0. The van der Waals surface area contributed by atoms with Crippen molar-refractivity contribution in [3.63, 3.8) is 0 Å². The molecule has 7 nitrogen and oxygen atoms in total. The maximum Gasteiger partial charge on any atom is 0.326 e. The fourth-order valence-electron chi connectivity index (χ4n) is 0.672. The van der Waals surface area contributed by atoms with Gasteiger partial charge in [0.05, 0.1) is 19.8 Å². The van der Waals surface area contributed by atoms with Gasteiger partial charge in [-0.15, -0.1) is 0 Å². The number of methoxy groups -OCH3 is 1. The van der Waals surface area contributed by atoms with E-state index in [1.54, 1.807) is 0 Å². The van der Waals surface area contributed by atoms with Gasteiger partial charge in [-0.1, -0.05) is 0 Å². The molecule has 0 saturated carbocycles. The lowest BCUT2D eigenvalue weighted by atomic mass is 10.3. The van der Waals surface area contributed by atoms with Gasteiger partial charge in [0, 0.05) is 0 Å². The van der Waals surface area contributed by atoms with E-state index in [0.29, 0.717) is 0 Å². The molecular formula is C7H12N2O5S. The molecule has 86 valence electrons. The van der Waals surface area contributed by atoms with Crippen LogP contribution in [0, 0.1) is 11.3 Å². The summed E-state index contributed by atoms with van der Waals surface area (Å²) in [4.78, 5) is 10.9. The van der Waals surface area contributed by atoms with Gasteiger partial charge < -0.3 is 9.84 Å². The Labute approximate surface area is 87.7 Å². The minimum absolute atomic E-state index is 0.732. The average molecular weight is 236 g/mol. The van der Waals surface area contributed by atoms with E-state index in [9.17, 15) is 13.2 Å². The van der Waals surface area contributed by atoms with Gasteiger partial charge in [-0.2, -0.15) is 9.98 Å². The second-order valence-corrected chi connectivity index (χ2v) is 4.73. The Morgan fingerprint density at radius 2 is 2.20 bits per heavy atom. The van der Waals surface area contributed by atoms with Crippen LogP contribution in [0.3, 0.4) is 0 Å². The van der Waals surface area contributed by atoms with Gasteiger partial charge >= 0.3 is 5.97 Å². The third kappa shape index (κ3) is 3.83. The highest BCUT2D eigenvalue weighted by atomic mass is 32.2. The summed E-state index contributed by atoms with van der Waals surface area (Å²) in [6, 6.07) is 0.128. The number of carbonyl (C=O) groups is 1. The molecule has 0 aliphatic rings. The molecule has 0 aromatic carbocycles. The first-order chi connectivity index (χ1) is 6.88. The highest BCUT2D eigenvalue weighted by Gasteiger charge is 2.28. The van der Waals surface area contributed by atoms with Gasteiger partial charge in [-0.05, 0) is 6.92 Å². The van der Waals surface area contributed by atoms with Crippen molar-refractivity contribution in [3.8, 4) is 6.07 Å². The van der Waals surface area contributed by atoms with E-state index in [-0.39, 0.29) is 0 Å². The monoisotopic (exact) mass is 236 g/mol. The van der Waals surface area contributed by atoms with Crippen molar-refractivity contribution < 1.29 is 23.1 Å². The smallest absolute Gasteiger partial charge is 0.326 e. The summed E-state index contributed by atoms with van der Waals surface area (Å²) in [7, 11) is -2.89. The standard InChI is InChI=1S/C7H12N2O5S/c1-5(3-8)15(12,13)9-6(4-10)7(11)14-2/h5-6,9-10H,4H2,1-2H3. The fourth-order valence-corrected chi connectivity index (χ4v) is 1.58. The van der Waals surface area contributed by atoms with Crippen LogP contribution in [0.5, 0.6) is 0 Å². The van der Waals surface area contributed by atoms with Crippen molar-refractivity contribution in [2.75, 3.05) is 13.7 Å². The summed E-state index contributed by atoms with van der Waals surface area (Å²) in [5.74, 6) is -0.911. The van der Waals surface area contributed by atoms with Crippen molar-refractivity contribution in [2.24, 2.45) is 0 Å². The second-order valence-electron chi connectivity index (χ2n) is 2.69. The van der Waals surface area contributed by atoms with E-state index < -0.39 is 33.9 Å². The maximum atomic E-state index is 11.3. The third-order valence-electron chi connectivity index (χ3n) is 1.62. The third-order valence-corrected chi connectivity index (χ3v) is 3.27. The van der Waals surface area contributed by atoms with Crippen molar-refractivity contribution in [1.29, 1.82) is 5.26 Å². The maximum absolute atomic E-state index is 11.3. The number of nitrogens with zero attached hydrogens (tertiary/aromatic N) is 1. The topological polar surface area (TPSA) is 116 Å². The van der Waals surface area contributed by atoms with Crippen LogP contribution in [0.2, 0.25) is 0 Å². The fraction of sp³-hybridized carbons (Fsp3) is 0.714. The Morgan fingerprint density at radius 3 is 2.53 bits per heavy atom. The zero-order chi connectivity index (χ0) is 12.1. The molecule has 15 heavy (non-hydrogen) atoms. The molecule has 0 saturated heterocycles. The zero-order valence-electron chi connectivity index (χ0n) is 8.30. The number of esters is 1. The summed E-state index contributed by atoms with van der Waals surface area (Å²) in [5, 5.41) is 15.8. The van der Waals surface area contributed by atoms with Crippen molar-refractivity contribution >= 4 is 16.0 Å². The van der Waals surface area contributed by atoms with Gasteiger partial charge in [-0.25, -0.2) is 8.42 Å². The Balaban J connectivity index is 4.71. The van der Waals surface area contributed by atoms with Gasteiger partial charge in [0.25, 0.3) is 0 Å². The van der Waals surface area contributed by atoms with Crippen LogP contribution in [0.4, 0.5) is 0 Å². The van der Waals surface area contributed by atoms with Crippen LogP contribution in [-0.4, -0.2) is 44.5 Å². The Hall–Kier alpha value is -1.17. The lowest BCUT2D eigenvalue weighted by Gasteiger charge is -2.14. The van der Waals surface area contributed by atoms with Crippen LogP contribution in [-0.2, 0) is 19.6 Å². The molecule has 0 radical (unpaired) electrons. The summed E-state index contributed by atoms with van der Waals surface area (Å²) in [6.07, 6.45) is 0. The first kappa shape index (κ1) is 13.8. The Morgan fingerprint density at radius 1 is 1.67 bits per heavy atom. The molecule has 0 amide bonds. The molecule has 0 aliphatic heterocycles. The molecule has 2 unspecified atom stereocenters. The normalized spacial score (nSPS) is 15.1. The van der Waals surface area contributed by atoms with Crippen molar-refractivity contribution in [1.82, 2.24) is 4.72 Å². The van der Waals surface area contributed by atoms with Crippen LogP contribution < -0.4 is 4.72 Å². The molecule has 0 aromatic rings. The zero-order valence-corrected chi connectivity index (χ0v) is 9.11. The lowest BCUT2D eigenvalue weighted by molar-refractivity contribution is -0.143.